The number of halogens is 3. The number of methoxy groups -OCH3 is 1. The lowest BCUT2D eigenvalue weighted by Crippen LogP contribution is -2.06. The second-order valence-corrected chi connectivity index (χ2v) is 4.32. The molecule has 0 bridgehead atoms. The molecule has 0 amide bonds. The molecule has 1 aromatic carbocycles. The van der Waals surface area contributed by atoms with Crippen LogP contribution in [0.25, 0.3) is 11.3 Å². The Kier molecular flexibility index (Phi) is 4.42. The highest BCUT2D eigenvalue weighted by Crippen LogP contribution is 2.32. The number of hydrogen-bond acceptors (Lipinski definition) is 4. The van der Waals surface area contributed by atoms with Crippen LogP contribution in [0.15, 0.2) is 30.3 Å². The van der Waals surface area contributed by atoms with Gasteiger partial charge in [0.1, 0.15) is 12.4 Å². The SMILES string of the molecule is CNc1cc(-c2cccc(C(F)(F)F)c2)nc(COC)n1. The minimum Gasteiger partial charge on any atom is -0.377 e. The molecule has 0 aliphatic rings. The third kappa shape index (κ3) is 3.69. The van der Waals surface area contributed by atoms with Crippen LogP contribution in [-0.4, -0.2) is 24.1 Å². The van der Waals surface area contributed by atoms with Gasteiger partial charge < -0.3 is 10.1 Å². The lowest BCUT2D eigenvalue weighted by atomic mass is 10.1. The van der Waals surface area contributed by atoms with Crippen molar-refractivity contribution in [1.82, 2.24) is 9.97 Å². The van der Waals surface area contributed by atoms with Gasteiger partial charge in [0.15, 0.2) is 5.82 Å². The molecule has 7 heteroatoms. The molecule has 2 aromatic rings. The molecule has 0 aliphatic heterocycles. The number of rotatable bonds is 4. The van der Waals surface area contributed by atoms with Gasteiger partial charge in [-0.25, -0.2) is 9.97 Å². The smallest absolute Gasteiger partial charge is 0.377 e. The molecule has 1 heterocycles. The highest BCUT2D eigenvalue weighted by atomic mass is 19.4. The van der Waals surface area contributed by atoms with Crippen LogP contribution in [0, 0.1) is 0 Å². The third-order valence-electron chi connectivity index (χ3n) is 2.79. The molecule has 4 nitrogen and oxygen atoms in total. The zero-order chi connectivity index (χ0) is 15.5. The minimum atomic E-state index is -4.38. The number of aromatic nitrogens is 2. The summed E-state index contributed by atoms with van der Waals surface area (Å²) >= 11 is 0. The number of alkyl halides is 3. The summed E-state index contributed by atoms with van der Waals surface area (Å²) in [6.07, 6.45) is -4.38. The monoisotopic (exact) mass is 297 g/mol. The highest BCUT2D eigenvalue weighted by molar-refractivity contribution is 5.63. The van der Waals surface area contributed by atoms with E-state index in [-0.39, 0.29) is 6.61 Å². The first-order chi connectivity index (χ1) is 9.94. The van der Waals surface area contributed by atoms with Gasteiger partial charge in [-0.1, -0.05) is 12.1 Å². The van der Waals surface area contributed by atoms with Crippen molar-refractivity contribution in [1.29, 1.82) is 0 Å². The van der Waals surface area contributed by atoms with E-state index in [4.69, 9.17) is 4.74 Å². The zero-order valence-corrected chi connectivity index (χ0v) is 11.5. The summed E-state index contributed by atoms with van der Waals surface area (Å²) in [6, 6.07) is 6.62. The van der Waals surface area contributed by atoms with Gasteiger partial charge in [0.05, 0.1) is 11.3 Å². The van der Waals surface area contributed by atoms with Gasteiger partial charge >= 0.3 is 6.18 Å². The summed E-state index contributed by atoms with van der Waals surface area (Å²) < 4.78 is 43.3. The van der Waals surface area contributed by atoms with Crippen molar-refractivity contribution >= 4 is 5.82 Å². The molecule has 0 saturated heterocycles. The third-order valence-corrected chi connectivity index (χ3v) is 2.79. The van der Waals surface area contributed by atoms with Crippen molar-refractivity contribution in [2.45, 2.75) is 12.8 Å². The van der Waals surface area contributed by atoms with E-state index in [1.165, 1.54) is 13.2 Å². The topological polar surface area (TPSA) is 47.0 Å². The molecule has 0 atom stereocenters. The van der Waals surface area contributed by atoms with Crippen LogP contribution in [-0.2, 0) is 17.5 Å². The maximum Gasteiger partial charge on any atom is 0.416 e. The Balaban J connectivity index is 2.48. The predicted octanol–water partition coefficient (Wildman–Crippen LogP) is 3.35. The van der Waals surface area contributed by atoms with E-state index < -0.39 is 11.7 Å². The molecule has 112 valence electrons. The molecule has 0 spiro atoms. The van der Waals surface area contributed by atoms with Gasteiger partial charge in [0.2, 0.25) is 0 Å². The minimum absolute atomic E-state index is 0.182. The molecule has 0 saturated carbocycles. The van der Waals surface area contributed by atoms with Crippen molar-refractivity contribution in [3.63, 3.8) is 0 Å². The first-order valence-electron chi connectivity index (χ1n) is 6.16. The maximum absolute atomic E-state index is 12.8. The van der Waals surface area contributed by atoms with E-state index in [2.05, 4.69) is 15.3 Å². The quantitative estimate of drug-likeness (QED) is 0.940. The molecule has 0 fully saturated rings. The summed E-state index contributed by atoms with van der Waals surface area (Å²) in [4.78, 5) is 8.39. The van der Waals surface area contributed by atoms with Crippen molar-refractivity contribution in [2.24, 2.45) is 0 Å². The number of benzene rings is 1. The number of nitrogens with zero attached hydrogens (tertiary/aromatic N) is 2. The highest BCUT2D eigenvalue weighted by Gasteiger charge is 2.30. The van der Waals surface area contributed by atoms with Gasteiger partial charge in [0, 0.05) is 25.8 Å². The molecule has 0 unspecified atom stereocenters. The summed E-state index contributed by atoms with van der Waals surface area (Å²) in [5.41, 5.74) is 0.0755. The van der Waals surface area contributed by atoms with Gasteiger partial charge in [-0.05, 0) is 12.1 Å². The van der Waals surface area contributed by atoms with Crippen LogP contribution in [0.5, 0.6) is 0 Å². The fourth-order valence-corrected chi connectivity index (χ4v) is 1.82. The first kappa shape index (κ1) is 15.2. The second-order valence-electron chi connectivity index (χ2n) is 4.32. The van der Waals surface area contributed by atoms with E-state index >= 15 is 0 Å². The lowest BCUT2D eigenvalue weighted by Gasteiger charge is -2.10. The Bertz CT molecular complexity index is 629. The molecule has 1 aromatic heterocycles. The largest absolute Gasteiger partial charge is 0.416 e. The second kappa shape index (κ2) is 6.09. The Hall–Kier alpha value is -2.15. The average Bonchev–Trinajstić information content (AvgIpc) is 2.46. The van der Waals surface area contributed by atoms with Crippen molar-refractivity contribution in [3.05, 3.63) is 41.7 Å². The first-order valence-corrected chi connectivity index (χ1v) is 6.16. The number of anilines is 1. The number of hydrogen-bond donors (Lipinski definition) is 1. The predicted molar refractivity (Wildman–Crippen MR) is 72.7 cm³/mol. The van der Waals surface area contributed by atoms with Gasteiger partial charge in [0.25, 0.3) is 0 Å². The lowest BCUT2D eigenvalue weighted by molar-refractivity contribution is -0.137. The molecular formula is C14H14F3N3O. The molecule has 2 rings (SSSR count). The van der Waals surface area contributed by atoms with Gasteiger partial charge in [-0.2, -0.15) is 13.2 Å². The standard InChI is InChI=1S/C14H14F3N3O/c1-18-12-7-11(19-13(20-12)8-21-2)9-4-3-5-10(6-9)14(15,16)17/h3-7H,8H2,1-2H3,(H,18,19,20). The van der Waals surface area contributed by atoms with E-state index in [1.807, 2.05) is 0 Å². The number of nitrogens with one attached hydrogen (secondary N) is 1. The van der Waals surface area contributed by atoms with Crippen molar-refractivity contribution in [2.75, 3.05) is 19.5 Å². The van der Waals surface area contributed by atoms with Crippen molar-refractivity contribution in [3.8, 4) is 11.3 Å². The van der Waals surface area contributed by atoms with Crippen LogP contribution in [0.2, 0.25) is 0 Å². The van der Waals surface area contributed by atoms with Gasteiger partial charge in [-0.15, -0.1) is 0 Å². The summed E-state index contributed by atoms with van der Waals surface area (Å²) in [5, 5.41) is 2.85. The van der Waals surface area contributed by atoms with Crippen LogP contribution < -0.4 is 5.32 Å². The summed E-state index contributed by atoms with van der Waals surface area (Å²) in [5.74, 6) is 0.918. The van der Waals surface area contributed by atoms with Gasteiger partial charge in [-0.3, -0.25) is 0 Å². The van der Waals surface area contributed by atoms with Crippen LogP contribution in [0.3, 0.4) is 0 Å². The Morgan fingerprint density at radius 2 is 1.95 bits per heavy atom. The molecule has 0 aliphatic carbocycles. The Morgan fingerprint density at radius 3 is 2.57 bits per heavy atom. The van der Waals surface area contributed by atoms with Crippen LogP contribution in [0.1, 0.15) is 11.4 Å². The van der Waals surface area contributed by atoms with Crippen molar-refractivity contribution < 1.29 is 17.9 Å². The normalized spacial score (nSPS) is 11.5. The molecule has 21 heavy (non-hydrogen) atoms. The van der Waals surface area contributed by atoms with Crippen LogP contribution >= 0.6 is 0 Å². The summed E-state index contributed by atoms with van der Waals surface area (Å²) in [6.45, 7) is 0.182. The average molecular weight is 297 g/mol. The molecule has 1 N–H and O–H groups in total. The van der Waals surface area contributed by atoms with E-state index in [0.29, 0.717) is 22.9 Å². The van der Waals surface area contributed by atoms with E-state index in [0.717, 1.165) is 12.1 Å². The van der Waals surface area contributed by atoms with E-state index in [9.17, 15) is 13.2 Å². The fourth-order valence-electron chi connectivity index (χ4n) is 1.82. The Morgan fingerprint density at radius 1 is 1.19 bits per heavy atom. The fraction of sp³-hybridized carbons (Fsp3) is 0.286. The zero-order valence-electron chi connectivity index (χ0n) is 11.5. The maximum atomic E-state index is 12.8. The molecular weight excluding hydrogens is 283 g/mol. The summed E-state index contributed by atoms with van der Waals surface area (Å²) in [7, 11) is 3.17. The number of ether oxygens (including phenoxy) is 1. The Labute approximate surface area is 120 Å². The van der Waals surface area contributed by atoms with E-state index in [1.54, 1.807) is 19.2 Å². The van der Waals surface area contributed by atoms with Crippen LogP contribution in [0.4, 0.5) is 19.0 Å². The molecule has 0 radical (unpaired) electrons.